The number of benzene rings is 3. The van der Waals surface area contributed by atoms with Crippen LogP contribution in [0.15, 0.2) is 102 Å². The van der Waals surface area contributed by atoms with E-state index < -0.39 is 5.54 Å². The van der Waals surface area contributed by atoms with Gasteiger partial charge in [0.15, 0.2) is 5.82 Å². The molecule has 0 bridgehead atoms. The monoisotopic (exact) mass is 523 g/mol. The van der Waals surface area contributed by atoms with Crippen molar-refractivity contribution in [2.24, 2.45) is 4.99 Å². The molecule has 0 saturated carbocycles. The third-order valence-corrected chi connectivity index (χ3v) is 6.52. The van der Waals surface area contributed by atoms with Crippen molar-refractivity contribution in [2.75, 3.05) is 5.32 Å². The van der Waals surface area contributed by atoms with E-state index in [2.05, 4.69) is 130 Å². The van der Waals surface area contributed by atoms with Gasteiger partial charge in [0.25, 0.3) is 0 Å². The Balaban J connectivity index is 1.92. The number of nitrogens with one attached hydrogen (secondary N) is 1. The zero-order chi connectivity index (χ0) is 20.6. The van der Waals surface area contributed by atoms with Gasteiger partial charge in [-0.3, -0.25) is 0 Å². The van der Waals surface area contributed by atoms with E-state index in [1.165, 1.54) is 16.7 Å². The second-order valence-corrected chi connectivity index (χ2v) is 8.81. The van der Waals surface area contributed by atoms with Gasteiger partial charge < -0.3 is 9.88 Å². The van der Waals surface area contributed by atoms with Gasteiger partial charge in [0.1, 0.15) is 11.0 Å². The minimum atomic E-state index is -0.588. The molecule has 1 aromatic heterocycles. The smallest absolute Gasteiger partial charge is 0.158 e. The number of alkyl halides is 1. The van der Waals surface area contributed by atoms with Crippen LogP contribution in [0.3, 0.4) is 0 Å². The first-order chi connectivity index (χ1) is 14.7. The molecule has 1 atom stereocenters. The van der Waals surface area contributed by atoms with Crippen molar-refractivity contribution >= 4 is 51.9 Å². The summed E-state index contributed by atoms with van der Waals surface area (Å²) in [4.78, 5) is 4.78. The Morgan fingerprint density at radius 2 is 1.27 bits per heavy atom. The molecule has 3 nitrogen and oxygen atoms in total. The summed E-state index contributed by atoms with van der Waals surface area (Å²) in [6.45, 7) is 0. The summed E-state index contributed by atoms with van der Waals surface area (Å²) in [5, 5.41) is 3.36. The lowest BCUT2D eigenvalue weighted by Gasteiger charge is -2.38. The number of aromatic nitrogens is 1. The molecule has 4 aromatic rings. The highest BCUT2D eigenvalue weighted by molar-refractivity contribution is 14.1. The van der Waals surface area contributed by atoms with Crippen LogP contribution in [0.4, 0.5) is 11.5 Å². The molecule has 3 aromatic carbocycles. The first-order valence-electron chi connectivity index (χ1n) is 9.74. The average molecular weight is 524 g/mol. The number of halogens is 2. The largest absolute Gasteiger partial charge is 0.361 e. The average Bonchev–Trinajstić information content (AvgIpc) is 3.12. The van der Waals surface area contributed by atoms with Gasteiger partial charge in [-0.15, -0.1) is 0 Å². The van der Waals surface area contributed by atoms with Crippen molar-refractivity contribution < 1.29 is 0 Å². The lowest BCUT2D eigenvalue weighted by molar-refractivity contribution is 0.521. The first kappa shape index (κ1) is 19.4. The number of anilines is 1. The molecule has 0 aliphatic carbocycles. The van der Waals surface area contributed by atoms with Crippen LogP contribution >= 0.6 is 34.2 Å². The van der Waals surface area contributed by atoms with Crippen LogP contribution in [-0.4, -0.2) is 16.3 Å². The van der Waals surface area contributed by atoms with Crippen LogP contribution in [0.25, 0.3) is 0 Å². The SMILES string of the molecule is ClC1C=Nc2c(c(I)cn2C(c2ccccc2)(c2ccccc2)c2ccccc2)N1. The normalized spacial score (nSPS) is 15.5. The first-order valence-corrected chi connectivity index (χ1v) is 11.3. The molecule has 30 heavy (non-hydrogen) atoms. The summed E-state index contributed by atoms with van der Waals surface area (Å²) in [6, 6.07) is 31.8. The molecule has 5 rings (SSSR count). The summed E-state index contributed by atoms with van der Waals surface area (Å²) < 4.78 is 3.35. The maximum absolute atomic E-state index is 6.32. The van der Waals surface area contributed by atoms with Gasteiger partial charge in [0.05, 0.1) is 9.26 Å². The molecule has 0 amide bonds. The van der Waals surface area contributed by atoms with Crippen LogP contribution in [0.1, 0.15) is 16.7 Å². The Morgan fingerprint density at radius 3 is 1.73 bits per heavy atom. The number of rotatable bonds is 4. The van der Waals surface area contributed by atoms with E-state index in [-0.39, 0.29) is 5.50 Å². The molecule has 0 saturated heterocycles. The van der Waals surface area contributed by atoms with E-state index >= 15 is 0 Å². The van der Waals surface area contributed by atoms with Crippen LogP contribution in [0.2, 0.25) is 0 Å². The molecule has 0 radical (unpaired) electrons. The third-order valence-electron chi connectivity index (χ3n) is 5.48. The van der Waals surface area contributed by atoms with Crippen LogP contribution in [-0.2, 0) is 5.54 Å². The molecule has 2 heterocycles. The zero-order valence-electron chi connectivity index (χ0n) is 16.0. The Labute approximate surface area is 194 Å². The molecule has 1 N–H and O–H groups in total. The summed E-state index contributed by atoms with van der Waals surface area (Å²) >= 11 is 8.67. The van der Waals surface area contributed by atoms with Crippen LogP contribution < -0.4 is 5.32 Å². The van der Waals surface area contributed by atoms with Crippen molar-refractivity contribution in [2.45, 2.75) is 11.0 Å². The number of hydrogen-bond donors (Lipinski definition) is 1. The van der Waals surface area contributed by atoms with Gasteiger partial charge in [-0.1, -0.05) is 103 Å². The topological polar surface area (TPSA) is 29.3 Å². The Kier molecular flexibility index (Phi) is 5.13. The predicted molar refractivity (Wildman–Crippen MR) is 133 cm³/mol. The highest BCUT2D eigenvalue weighted by atomic mass is 127. The van der Waals surface area contributed by atoms with E-state index in [9.17, 15) is 0 Å². The van der Waals surface area contributed by atoms with Crippen molar-refractivity contribution in [3.8, 4) is 0 Å². The van der Waals surface area contributed by atoms with Crippen molar-refractivity contribution in [1.29, 1.82) is 0 Å². The minimum absolute atomic E-state index is 0.318. The fourth-order valence-electron chi connectivity index (χ4n) is 4.25. The van der Waals surface area contributed by atoms with Crippen LogP contribution in [0.5, 0.6) is 0 Å². The number of nitrogens with zero attached hydrogens (tertiary/aromatic N) is 2. The van der Waals surface area contributed by atoms with Gasteiger partial charge in [0, 0.05) is 12.4 Å². The maximum Gasteiger partial charge on any atom is 0.158 e. The molecule has 1 aliphatic heterocycles. The molecule has 0 fully saturated rings. The third kappa shape index (κ3) is 3.06. The van der Waals surface area contributed by atoms with Crippen molar-refractivity contribution in [1.82, 2.24) is 4.57 Å². The highest BCUT2D eigenvalue weighted by Crippen LogP contribution is 2.47. The lowest BCUT2D eigenvalue weighted by atomic mass is 9.76. The molecule has 148 valence electrons. The molecule has 1 unspecified atom stereocenters. The van der Waals surface area contributed by atoms with Gasteiger partial charge in [-0.05, 0) is 39.3 Å². The summed E-state index contributed by atoms with van der Waals surface area (Å²) in [5.74, 6) is 0.868. The standard InChI is InChI=1S/C25H19ClIN3/c26-22-16-28-24-23(29-22)21(27)17-30(24)25(18-10-4-1-5-11-18,19-12-6-2-7-13-19)20-14-8-3-9-15-20/h1-17,22,29H. The number of hydrogen-bond acceptors (Lipinski definition) is 2. The molecular formula is C25H19ClIN3. The number of aliphatic imine (C=N–C) groups is 1. The van der Waals surface area contributed by atoms with Gasteiger partial charge in [-0.2, -0.15) is 0 Å². The summed E-state index contributed by atoms with van der Waals surface area (Å²) in [7, 11) is 0. The maximum atomic E-state index is 6.32. The van der Waals surface area contributed by atoms with E-state index in [1.54, 1.807) is 6.21 Å². The van der Waals surface area contributed by atoms with E-state index in [4.69, 9.17) is 16.6 Å². The molecule has 0 spiro atoms. The Bertz CT molecular complexity index is 1090. The lowest BCUT2D eigenvalue weighted by Crippen LogP contribution is -2.37. The van der Waals surface area contributed by atoms with E-state index in [0.717, 1.165) is 15.1 Å². The van der Waals surface area contributed by atoms with Gasteiger partial charge in [-0.25, -0.2) is 4.99 Å². The van der Waals surface area contributed by atoms with Crippen LogP contribution in [0, 0.1) is 3.57 Å². The fraction of sp³-hybridized carbons (Fsp3) is 0.0800. The molecular weight excluding hydrogens is 505 g/mol. The molecule has 1 aliphatic rings. The zero-order valence-corrected chi connectivity index (χ0v) is 19.0. The Hall–Kier alpha value is -2.57. The Morgan fingerprint density at radius 1 is 0.800 bits per heavy atom. The van der Waals surface area contributed by atoms with Crippen molar-refractivity contribution in [3.05, 3.63) is 117 Å². The second kappa shape index (κ2) is 7.93. The van der Waals surface area contributed by atoms with Crippen molar-refractivity contribution in [3.63, 3.8) is 0 Å². The molecule has 5 heteroatoms. The fourth-order valence-corrected chi connectivity index (χ4v) is 5.09. The summed E-state index contributed by atoms with van der Waals surface area (Å²) in [5.41, 5.74) is 3.56. The van der Waals surface area contributed by atoms with E-state index in [0.29, 0.717) is 0 Å². The van der Waals surface area contributed by atoms with E-state index in [1.807, 2.05) is 0 Å². The second-order valence-electron chi connectivity index (χ2n) is 7.18. The number of fused-ring (bicyclic) bond motifs is 1. The quantitative estimate of drug-likeness (QED) is 0.138. The summed E-state index contributed by atoms with van der Waals surface area (Å²) in [6.07, 6.45) is 3.92. The van der Waals surface area contributed by atoms with Gasteiger partial charge >= 0.3 is 0 Å². The minimum Gasteiger partial charge on any atom is -0.361 e. The van der Waals surface area contributed by atoms with Gasteiger partial charge in [0.2, 0.25) is 0 Å². The predicted octanol–water partition coefficient (Wildman–Crippen LogP) is 6.63. The highest BCUT2D eigenvalue weighted by Gasteiger charge is 2.41.